The lowest BCUT2D eigenvalue weighted by Gasteiger charge is -2.24. The van der Waals surface area contributed by atoms with E-state index in [0.29, 0.717) is 28.8 Å². The molecule has 5 nitrogen and oxygen atoms in total. The standard InChI is InChI=1S/C19H20N2O3/c20-18(23)16-9-3-1-7-14(16)15-8-2-4-10-17(15)19(24)21-11-5-6-13(21)12-22/h1-4,7-10,13,22H,5-6,11-12H2,(H2,20,23). The van der Waals surface area contributed by atoms with Crippen molar-refractivity contribution in [2.24, 2.45) is 5.73 Å². The Morgan fingerprint density at radius 3 is 2.25 bits per heavy atom. The van der Waals surface area contributed by atoms with Crippen LogP contribution in [-0.4, -0.2) is 41.0 Å². The van der Waals surface area contributed by atoms with Gasteiger partial charge in [0.2, 0.25) is 5.91 Å². The molecule has 0 aromatic heterocycles. The fraction of sp³-hybridized carbons (Fsp3) is 0.263. The van der Waals surface area contributed by atoms with Gasteiger partial charge in [0.05, 0.1) is 12.6 Å². The first-order valence-corrected chi connectivity index (χ1v) is 8.03. The molecule has 1 saturated heterocycles. The lowest BCUT2D eigenvalue weighted by atomic mass is 9.94. The molecule has 5 heteroatoms. The van der Waals surface area contributed by atoms with Crippen LogP contribution in [0.4, 0.5) is 0 Å². The minimum Gasteiger partial charge on any atom is -0.394 e. The molecule has 0 radical (unpaired) electrons. The molecule has 24 heavy (non-hydrogen) atoms. The first-order valence-electron chi connectivity index (χ1n) is 8.03. The van der Waals surface area contributed by atoms with Crippen LogP contribution in [0.5, 0.6) is 0 Å². The van der Waals surface area contributed by atoms with Crippen LogP contribution in [-0.2, 0) is 0 Å². The minimum absolute atomic E-state index is 0.0359. The van der Waals surface area contributed by atoms with Crippen LogP contribution in [0.3, 0.4) is 0 Å². The second-order valence-corrected chi connectivity index (χ2v) is 5.93. The fourth-order valence-corrected chi connectivity index (χ4v) is 3.28. The maximum Gasteiger partial charge on any atom is 0.254 e. The smallest absolute Gasteiger partial charge is 0.254 e. The Balaban J connectivity index is 2.06. The molecule has 0 bridgehead atoms. The molecule has 2 aromatic rings. The number of nitrogens with two attached hydrogens (primary N) is 1. The van der Waals surface area contributed by atoms with Crippen molar-refractivity contribution >= 4 is 11.8 Å². The molecule has 0 aliphatic carbocycles. The van der Waals surface area contributed by atoms with Crippen LogP contribution in [0, 0.1) is 0 Å². The van der Waals surface area contributed by atoms with Crippen molar-refractivity contribution in [1.29, 1.82) is 0 Å². The molecule has 1 atom stereocenters. The summed E-state index contributed by atoms with van der Waals surface area (Å²) in [6.07, 6.45) is 1.69. The molecule has 1 aliphatic heterocycles. The normalized spacial score (nSPS) is 17.0. The molecule has 0 saturated carbocycles. The zero-order chi connectivity index (χ0) is 17.1. The number of aliphatic hydroxyl groups excluding tert-OH is 1. The molecule has 1 heterocycles. The number of aliphatic hydroxyl groups is 1. The van der Waals surface area contributed by atoms with Crippen LogP contribution in [0.1, 0.15) is 33.6 Å². The number of hydrogen-bond donors (Lipinski definition) is 2. The predicted octanol–water partition coefficient (Wildman–Crippen LogP) is 2.05. The highest BCUT2D eigenvalue weighted by atomic mass is 16.3. The molecule has 2 amide bonds. The summed E-state index contributed by atoms with van der Waals surface area (Å²) in [7, 11) is 0. The number of carbonyl (C=O) groups is 2. The van der Waals surface area contributed by atoms with Crippen LogP contribution < -0.4 is 5.73 Å². The maximum atomic E-state index is 13.0. The number of primary amides is 1. The lowest BCUT2D eigenvalue weighted by Crippen LogP contribution is -2.37. The molecule has 124 valence electrons. The zero-order valence-electron chi connectivity index (χ0n) is 13.3. The quantitative estimate of drug-likeness (QED) is 0.903. The Kier molecular flexibility index (Phi) is 4.62. The third-order valence-corrected chi connectivity index (χ3v) is 4.49. The van der Waals surface area contributed by atoms with E-state index >= 15 is 0 Å². The highest BCUT2D eigenvalue weighted by molar-refractivity contribution is 6.06. The maximum absolute atomic E-state index is 13.0. The van der Waals surface area contributed by atoms with E-state index in [-0.39, 0.29) is 18.6 Å². The molecule has 3 rings (SSSR count). The third kappa shape index (κ3) is 2.90. The molecule has 1 fully saturated rings. The van der Waals surface area contributed by atoms with Gasteiger partial charge in [-0.2, -0.15) is 0 Å². The fourth-order valence-electron chi connectivity index (χ4n) is 3.28. The number of carbonyl (C=O) groups excluding carboxylic acids is 2. The summed E-state index contributed by atoms with van der Waals surface area (Å²) in [5.41, 5.74) is 7.71. The summed E-state index contributed by atoms with van der Waals surface area (Å²) < 4.78 is 0. The van der Waals surface area contributed by atoms with Crippen LogP contribution in [0.25, 0.3) is 11.1 Å². The van der Waals surface area contributed by atoms with E-state index in [2.05, 4.69) is 0 Å². The van der Waals surface area contributed by atoms with Gasteiger partial charge in [0.15, 0.2) is 0 Å². The number of benzene rings is 2. The van der Waals surface area contributed by atoms with Gasteiger partial charge in [-0.25, -0.2) is 0 Å². The van der Waals surface area contributed by atoms with Gasteiger partial charge < -0.3 is 15.7 Å². The first kappa shape index (κ1) is 16.2. The molecular formula is C19H20N2O3. The van der Waals surface area contributed by atoms with Crippen LogP contribution in [0.15, 0.2) is 48.5 Å². The predicted molar refractivity (Wildman–Crippen MR) is 91.5 cm³/mol. The summed E-state index contributed by atoms with van der Waals surface area (Å²) in [6.45, 7) is 0.599. The average molecular weight is 324 g/mol. The molecule has 1 aliphatic rings. The van der Waals surface area contributed by atoms with E-state index in [1.54, 1.807) is 35.2 Å². The van der Waals surface area contributed by atoms with Crippen molar-refractivity contribution in [3.05, 3.63) is 59.7 Å². The van der Waals surface area contributed by atoms with Crippen LogP contribution in [0.2, 0.25) is 0 Å². The van der Waals surface area contributed by atoms with Gasteiger partial charge in [-0.3, -0.25) is 9.59 Å². The molecule has 1 unspecified atom stereocenters. The van der Waals surface area contributed by atoms with Crippen molar-refractivity contribution in [2.75, 3.05) is 13.2 Å². The Labute approximate surface area is 140 Å². The van der Waals surface area contributed by atoms with Crippen molar-refractivity contribution < 1.29 is 14.7 Å². The number of rotatable bonds is 4. The van der Waals surface area contributed by atoms with Gasteiger partial charge in [-0.1, -0.05) is 36.4 Å². The van der Waals surface area contributed by atoms with Gasteiger partial charge in [0.1, 0.15) is 0 Å². The van der Waals surface area contributed by atoms with Crippen LogP contribution >= 0.6 is 0 Å². The van der Waals surface area contributed by atoms with Crippen molar-refractivity contribution in [3.8, 4) is 11.1 Å². The van der Waals surface area contributed by atoms with Gasteiger partial charge in [0.25, 0.3) is 5.91 Å². The Morgan fingerprint density at radius 2 is 1.62 bits per heavy atom. The Hall–Kier alpha value is -2.66. The average Bonchev–Trinajstić information content (AvgIpc) is 3.09. The first-order chi connectivity index (χ1) is 11.6. The number of nitrogens with zero attached hydrogens (tertiary/aromatic N) is 1. The second-order valence-electron chi connectivity index (χ2n) is 5.93. The van der Waals surface area contributed by atoms with Gasteiger partial charge in [0, 0.05) is 17.7 Å². The van der Waals surface area contributed by atoms with E-state index in [0.717, 1.165) is 12.8 Å². The van der Waals surface area contributed by atoms with E-state index in [9.17, 15) is 14.7 Å². The Bertz CT molecular complexity index is 773. The molecule has 3 N–H and O–H groups in total. The van der Waals surface area contributed by atoms with Gasteiger partial charge in [-0.15, -0.1) is 0 Å². The zero-order valence-corrected chi connectivity index (χ0v) is 13.3. The lowest BCUT2D eigenvalue weighted by molar-refractivity contribution is 0.0678. The molecular weight excluding hydrogens is 304 g/mol. The highest BCUT2D eigenvalue weighted by Crippen LogP contribution is 2.29. The summed E-state index contributed by atoms with van der Waals surface area (Å²) in [6, 6.07) is 14.1. The minimum atomic E-state index is -0.526. The van der Waals surface area contributed by atoms with Crippen molar-refractivity contribution in [3.63, 3.8) is 0 Å². The van der Waals surface area contributed by atoms with Crippen molar-refractivity contribution in [2.45, 2.75) is 18.9 Å². The second kappa shape index (κ2) is 6.84. The summed E-state index contributed by atoms with van der Waals surface area (Å²) in [5, 5.41) is 9.48. The van der Waals surface area contributed by atoms with E-state index < -0.39 is 5.91 Å². The number of likely N-dealkylation sites (tertiary alicyclic amines) is 1. The third-order valence-electron chi connectivity index (χ3n) is 4.49. The topological polar surface area (TPSA) is 83.6 Å². The number of hydrogen-bond acceptors (Lipinski definition) is 3. The molecule has 2 aromatic carbocycles. The summed E-state index contributed by atoms with van der Waals surface area (Å²) in [5.74, 6) is -0.649. The molecule has 0 spiro atoms. The number of amides is 2. The van der Waals surface area contributed by atoms with E-state index in [4.69, 9.17) is 5.73 Å². The van der Waals surface area contributed by atoms with E-state index in [1.165, 1.54) is 0 Å². The van der Waals surface area contributed by atoms with Gasteiger partial charge >= 0.3 is 0 Å². The summed E-state index contributed by atoms with van der Waals surface area (Å²) in [4.78, 5) is 26.4. The van der Waals surface area contributed by atoms with E-state index in [1.807, 2.05) is 18.2 Å². The SMILES string of the molecule is NC(=O)c1ccccc1-c1ccccc1C(=O)N1CCCC1CO. The van der Waals surface area contributed by atoms with Crippen molar-refractivity contribution in [1.82, 2.24) is 4.90 Å². The summed E-state index contributed by atoms with van der Waals surface area (Å²) >= 11 is 0. The monoisotopic (exact) mass is 324 g/mol. The largest absolute Gasteiger partial charge is 0.394 e. The highest BCUT2D eigenvalue weighted by Gasteiger charge is 2.30. The Morgan fingerprint density at radius 1 is 1.04 bits per heavy atom. The van der Waals surface area contributed by atoms with Gasteiger partial charge in [-0.05, 0) is 36.1 Å².